The second-order valence-electron chi connectivity index (χ2n) is 4.09. The maximum absolute atomic E-state index is 8.85. The molecule has 3 unspecified atom stereocenters. The molecule has 0 aliphatic heterocycles. The normalized spacial score (nSPS) is 29.4. The molecule has 0 saturated heterocycles. The van der Waals surface area contributed by atoms with Crippen LogP contribution in [0.1, 0.15) is 39.5 Å². The van der Waals surface area contributed by atoms with Crippen LogP contribution in [0.5, 0.6) is 0 Å². The van der Waals surface area contributed by atoms with Crippen molar-refractivity contribution in [1.82, 2.24) is 5.32 Å². The Hall–Kier alpha value is 0.270. The molecule has 0 heterocycles. The number of aliphatic hydroxyl groups is 1. The van der Waals surface area contributed by atoms with Crippen molar-refractivity contribution in [1.29, 1.82) is 0 Å². The van der Waals surface area contributed by atoms with Crippen LogP contribution in [0, 0.1) is 0 Å². The topological polar surface area (TPSA) is 32.3 Å². The largest absolute Gasteiger partial charge is 0.396 e. The summed E-state index contributed by atoms with van der Waals surface area (Å²) in [5.74, 6) is 0. The third-order valence-corrected chi connectivity index (χ3v) is 4.48. The van der Waals surface area contributed by atoms with E-state index in [4.69, 9.17) is 5.11 Å². The quantitative estimate of drug-likeness (QED) is 0.714. The summed E-state index contributed by atoms with van der Waals surface area (Å²) in [6, 6.07) is 0.714. The SMILES string of the molecule is CCNC1CCCC1SC(C)CCO. The molecule has 1 aliphatic rings. The summed E-state index contributed by atoms with van der Waals surface area (Å²) < 4.78 is 0. The zero-order chi connectivity index (χ0) is 10.4. The third-order valence-electron chi connectivity index (χ3n) is 2.86. The van der Waals surface area contributed by atoms with Gasteiger partial charge in [0.15, 0.2) is 0 Å². The summed E-state index contributed by atoms with van der Waals surface area (Å²) in [5.41, 5.74) is 0. The monoisotopic (exact) mass is 217 g/mol. The van der Waals surface area contributed by atoms with Gasteiger partial charge in [0.1, 0.15) is 0 Å². The predicted octanol–water partition coefficient (Wildman–Crippen LogP) is 2.02. The van der Waals surface area contributed by atoms with Gasteiger partial charge in [0, 0.05) is 23.1 Å². The van der Waals surface area contributed by atoms with E-state index in [1.165, 1.54) is 19.3 Å². The van der Waals surface area contributed by atoms with E-state index in [0.29, 0.717) is 17.9 Å². The second kappa shape index (κ2) is 6.70. The molecule has 1 saturated carbocycles. The first-order chi connectivity index (χ1) is 6.77. The third kappa shape index (κ3) is 3.79. The molecular weight excluding hydrogens is 194 g/mol. The summed E-state index contributed by atoms with van der Waals surface area (Å²) in [4.78, 5) is 0. The van der Waals surface area contributed by atoms with Crippen molar-refractivity contribution in [3.63, 3.8) is 0 Å². The van der Waals surface area contributed by atoms with Gasteiger partial charge in [0.2, 0.25) is 0 Å². The lowest BCUT2D eigenvalue weighted by Crippen LogP contribution is -2.34. The molecule has 1 rings (SSSR count). The average Bonchev–Trinajstić information content (AvgIpc) is 2.54. The van der Waals surface area contributed by atoms with E-state index in [1.807, 2.05) is 0 Å². The van der Waals surface area contributed by atoms with Crippen LogP contribution in [-0.2, 0) is 0 Å². The van der Waals surface area contributed by atoms with Gasteiger partial charge in [-0.05, 0) is 25.8 Å². The van der Waals surface area contributed by atoms with Crippen molar-refractivity contribution < 1.29 is 5.11 Å². The lowest BCUT2D eigenvalue weighted by molar-refractivity contribution is 0.288. The molecule has 84 valence electrons. The van der Waals surface area contributed by atoms with Crippen molar-refractivity contribution in [3.8, 4) is 0 Å². The minimum Gasteiger partial charge on any atom is -0.396 e. The van der Waals surface area contributed by atoms with Crippen molar-refractivity contribution in [2.45, 2.75) is 56.1 Å². The smallest absolute Gasteiger partial charge is 0.0441 e. The predicted molar refractivity (Wildman–Crippen MR) is 63.9 cm³/mol. The molecule has 3 atom stereocenters. The van der Waals surface area contributed by atoms with Crippen LogP contribution in [0.15, 0.2) is 0 Å². The highest BCUT2D eigenvalue weighted by atomic mass is 32.2. The Morgan fingerprint density at radius 1 is 1.50 bits per heavy atom. The summed E-state index contributed by atoms with van der Waals surface area (Å²) >= 11 is 2.06. The highest BCUT2D eigenvalue weighted by Crippen LogP contribution is 2.33. The summed E-state index contributed by atoms with van der Waals surface area (Å²) in [5, 5.41) is 13.8. The summed E-state index contributed by atoms with van der Waals surface area (Å²) in [6.45, 7) is 5.81. The van der Waals surface area contributed by atoms with Gasteiger partial charge in [-0.15, -0.1) is 0 Å². The Labute approximate surface area is 91.9 Å². The fraction of sp³-hybridized carbons (Fsp3) is 1.00. The molecule has 1 fully saturated rings. The zero-order valence-corrected chi connectivity index (χ0v) is 10.1. The maximum atomic E-state index is 8.85. The van der Waals surface area contributed by atoms with Crippen LogP contribution < -0.4 is 5.32 Å². The molecule has 0 spiro atoms. The van der Waals surface area contributed by atoms with Gasteiger partial charge in [-0.3, -0.25) is 0 Å². The first-order valence-electron chi connectivity index (χ1n) is 5.77. The van der Waals surface area contributed by atoms with E-state index < -0.39 is 0 Å². The van der Waals surface area contributed by atoms with E-state index in [2.05, 4.69) is 30.9 Å². The minimum atomic E-state index is 0.326. The van der Waals surface area contributed by atoms with Crippen LogP contribution >= 0.6 is 11.8 Å². The molecule has 0 bridgehead atoms. The Morgan fingerprint density at radius 2 is 2.29 bits per heavy atom. The average molecular weight is 217 g/mol. The van der Waals surface area contributed by atoms with Gasteiger partial charge in [0.05, 0.1) is 0 Å². The highest BCUT2D eigenvalue weighted by Gasteiger charge is 2.27. The molecule has 1 aliphatic carbocycles. The van der Waals surface area contributed by atoms with E-state index in [9.17, 15) is 0 Å². The lowest BCUT2D eigenvalue weighted by atomic mass is 10.2. The Morgan fingerprint density at radius 3 is 2.93 bits per heavy atom. The molecule has 0 radical (unpaired) electrons. The number of rotatable bonds is 6. The summed E-state index contributed by atoms with van der Waals surface area (Å²) in [6.07, 6.45) is 4.97. The van der Waals surface area contributed by atoms with Crippen LogP contribution in [-0.4, -0.2) is 34.8 Å². The Bertz CT molecular complexity index is 154. The number of nitrogens with one attached hydrogen (secondary N) is 1. The van der Waals surface area contributed by atoms with E-state index in [0.717, 1.165) is 18.2 Å². The van der Waals surface area contributed by atoms with Crippen LogP contribution in [0.25, 0.3) is 0 Å². The molecule has 2 nitrogen and oxygen atoms in total. The van der Waals surface area contributed by atoms with Gasteiger partial charge in [-0.2, -0.15) is 11.8 Å². The van der Waals surface area contributed by atoms with E-state index >= 15 is 0 Å². The molecule has 2 N–H and O–H groups in total. The van der Waals surface area contributed by atoms with Crippen molar-refractivity contribution >= 4 is 11.8 Å². The van der Waals surface area contributed by atoms with Gasteiger partial charge in [0.25, 0.3) is 0 Å². The zero-order valence-electron chi connectivity index (χ0n) is 9.33. The number of aliphatic hydroxyl groups excluding tert-OH is 1. The molecule has 14 heavy (non-hydrogen) atoms. The van der Waals surface area contributed by atoms with Crippen LogP contribution in [0.3, 0.4) is 0 Å². The van der Waals surface area contributed by atoms with Gasteiger partial charge in [-0.1, -0.05) is 20.3 Å². The molecular formula is C11H23NOS. The fourth-order valence-electron chi connectivity index (χ4n) is 2.13. The van der Waals surface area contributed by atoms with Crippen LogP contribution in [0.2, 0.25) is 0 Å². The molecule has 0 aromatic heterocycles. The van der Waals surface area contributed by atoms with Crippen molar-refractivity contribution in [3.05, 3.63) is 0 Å². The van der Waals surface area contributed by atoms with E-state index in [1.54, 1.807) is 0 Å². The Kier molecular flexibility index (Phi) is 5.90. The fourth-order valence-corrected chi connectivity index (χ4v) is 3.70. The van der Waals surface area contributed by atoms with E-state index in [-0.39, 0.29) is 0 Å². The van der Waals surface area contributed by atoms with Crippen molar-refractivity contribution in [2.75, 3.05) is 13.2 Å². The molecule has 0 aromatic carbocycles. The lowest BCUT2D eigenvalue weighted by Gasteiger charge is -2.22. The number of hydrogen-bond donors (Lipinski definition) is 2. The maximum Gasteiger partial charge on any atom is 0.0441 e. The highest BCUT2D eigenvalue weighted by molar-refractivity contribution is 8.00. The number of thioether (sulfide) groups is 1. The Balaban J connectivity index is 2.27. The summed E-state index contributed by atoms with van der Waals surface area (Å²) in [7, 11) is 0. The van der Waals surface area contributed by atoms with Gasteiger partial charge in [-0.25, -0.2) is 0 Å². The first kappa shape index (κ1) is 12.3. The molecule has 0 amide bonds. The van der Waals surface area contributed by atoms with Crippen molar-refractivity contribution in [2.24, 2.45) is 0 Å². The van der Waals surface area contributed by atoms with Gasteiger partial charge >= 0.3 is 0 Å². The van der Waals surface area contributed by atoms with Crippen LogP contribution in [0.4, 0.5) is 0 Å². The molecule has 0 aromatic rings. The molecule has 3 heteroatoms. The second-order valence-corrected chi connectivity index (χ2v) is 5.77. The standard InChI is InChI=1S/C11H23NOS/c1-3-12-10-5-4-6-11(10)14-9(2)7-8-13/h9-13H,3-8H2,1-2H3. The minimum absolute atomic E-state index is 0.326. The number of hydrogen-bond acceptors (Lipinski definition) is 3. The van der Waals surface area contributed by atoms with Gasteiger partial charge < -0.3 is 10.4 Å². The first-order valence-corrected chi connectivity index (χ1v) is 6.72.